The van der Waals surface area contributed by atoms with Crippen LogP contribution in [0.1, 0.15) is 17.2 Å². The number of hydrogen-bond donors (Lipinski definition) is 0. The monoisotopic (exact) mass is 303 g/mol. The molecular formula is C18H22ClNO. The highest BCUT2D eigenvalue weighted by atomic mass is 35.5. The van der Waals surface area contributed by atoms with Crippen molar-refractivity contribution in [3.63, 3.8) is 0 Å². The van der Waals surface area contributed by atoms with Gasteiger partial charge in [-0.15, -0.1) is 12.4 Å². The van der Waals surface area contributed by atoms with Crippen LogP contribution in [-0.2, 0) is 11.2 Å². The van der Waals surface area contributed by atoms with Crippen molar-refractivity contribution < 1.29 is 4.74 Å². The van der Waals surface area contributed by atoms with E-state index in [0.29, 0.717) is 6.04 Å². The summed E-state index contributed by atoms with van der Waals surface area (Å²) >= 11 is 0. The molecule has 2 aromatic rings. The molecule has 0 spiro atoms. The molecule has 2 aromatic carbocycles. The summed E-state index contributed by atoms with van der Waals surface area (Å²) in [6, 6.07) is 22.0. The van der Waals surface area contributed by atoms with Gasteiger partial charge in [-0.25, -0.2) is 0 Å². The van der Waals surface area contributed by atoms with Crippen molar-refractivity contribution >= 4 is 12.4 Å². The van der Waals surface area contributed by atoms with Gasteiger partial charge in [0.25, 0.3) is 0 Å². The molecule has 1 aliphatic rings. The summed E-state index contributed by atoms with van der Waals surface area (Å²) in [4.78, 5) is 2.55. The van der Waals surface area contributed by atoms with Crippen LogP contribution in [0.25, 0.3) is 0 Å². The number of benzene rings is 2. The predicted molar refractivity (Wildman–Crippen MR) is 89.0 cm³/mol. The van der Waals surface area contributed by atoms with Crippen LogP contribution >= 0.6 is 12.4 Å². The third-order valence-electron chi connectivity index (χ3n) is 3.94. The van der Waals surface area contributed by atoms with Crippen molar-refractivity contribution in [2.75, 3.05) is 26.3 Å². The molecule has 1 unspecified atom stereocenters. The van der Waals surface area contributed by atoms with Crippen molar-refractivity contribution in [1.29, 1.82) is 0 Å². The van der Waals surface area contributed by atoms with Crippen LogP contribution in [-0.4, -0.2) is 31.2 Å². The van der Waals surface area contributed by atoms with Crippen LogP contribution < -0.4 is 0 Å². The van der Waals surface area contributed by atoms with E-state index in [9.17, 15) is 0 Å². The SMILES string of the molecule is Cl.c1ccc(CC(c2ccccc2)N2CCOCC2)cc1. The Labute approximate surface area is 133 Å². The zero-order valence-corrected chi connectivity index (χ0v) is 13.0. The maximum atomic E-state index is 5.49. The average molecular weight is 304 g/mol. The second kappa shape index (κ2) is 8.18. The van der Waals surface area contributed by atoms with Crippen molar-refractivity contribution in [3.05, 3.63) is 71.8 Å². The summed E-state index contributed by atoms with van der Waals surface area (Å²) < 4.78 is 5.49. The lowest BCUT2D eigenvalue weighted by Crippen LogP contribution is -2.39. The van der Waals surface area contributed by atoms with Gasteiger partial charge >= 0.3 is 0 Å². The van der Waals surface area contributed by atoms with Crippen molar-refractivity contribution in [1.82, 2.24) is 4.90 Å². The van der Waals surface area contributed by atoms with Gasteiger partial charge in [0.15, 0.2) is 0 Å². The zero-order chi connectivity index (χ0) is 13.6. The molecule has 0 saturated carbocycles. The van der Waals surface area contributed by atoms with Gasteiger partial charge in [-0.05, 0) is 17.5 Å². The molecule has 0 aliphatic carbocycles. The molecule has 0 N–H and O–H groups in total. The zero-order valence-electron chi connectivity index (χ0n) is 12.2. The first-order chi connectivity index (χ1) is 9.93. The van der Waals surface area contributed by atoms with E-state index < -0.39 is 0 Å². The third-order valence-corrected chi connectivity index (χ3v) is 3.94. The Balaban J connectivity index is 0.00000161. The molecular weight excluding hydrogens is 282 g/mol. The number of ether oxygens (including phenoxy) is 1. The summed E-state index contributed by atoms with van der Waals surface area (Å²) in [5.41, 5.74) is 2.80. The van der Waals surface area contributed by atoms with E-state index in [1.165, 1.54) is 11.1 Å². The second-order valence-electron chi connectivity index (χ2n) is 5.26. The summed E-state index contributed by atoms with van der Waals surface area (Å²) in [6.07, 6.45) is 1.06. The molecule has 1 fully saturated rings. The number of rotatable bonds is 4. The molecule has 0 radical (unpaired) electrons. The number of halogens is 1. The highest BCUT2D eigenvalue weighted by Crippen LogP contribution is 2.25. The molecule has 1 atom stereocenters. The Morgan fingerprint density at radius 2 is 1.43 bits per heavy atom. The lowest BCUT2D eigenvalue weighted by molar-refractivity contribution is 0.0161. The quantitative estimate of drug-likeness (QED) is 0.853. The molecule has 112 valence electrons. The lowest BCUT2D eigenvalue weighted by Gasteiger charge is -2.35. The van der Waals surface area contributed by atoms with Crippen LogP contribution in [0.2, 0.25) is 0 Å². The van der Waals surface area contributed by atoms with E-state index in [4.69, 9.17) is 4.74 Å². The lowest BCUT2D eigenvalue weighted by atomic mass is 9.97. The minimum absolute atomic E-state index is 0. The van der Waals surface area contributed by atoms with Crippen LogP contribution in [0, 0.1) is 0 Å². The molecule has 2 nitrogen and oxygen atoms in total. The fourth-order valence-corrected chi connectivity index (χ4v) is 2.86. The highest BCUT2D eigenvalue weighted by Gasteiger charge is 2.22. The number of hydrogen-bond acceptors (Lipinski definition) is 2. The largest absolute Gasteiger partial charge is 0.379 e. The predicted octanol–water partition coefficient (Wildman–Crippen LogP) is 3.72. The maximum absolute atomic E-state index is 5.49. The first-order valence-electron chi connectivity index (χ1n) is 7.34. The molecule has 1 aliphatic heterocycles. The van der Waals surface area contributed by atoms with E-state index in [0.717, 1.165) is 32.7 Å². The Hall–Kier alpha value is -1.35. The van der Waals surface area contributed by atoms with Crippen molar-refractivity contribution in [3.8, 4) is 0 Å². The maximum Gasteiger partial charge on any atom is 0.0594 e. The first kappa shape index (κ1) is 16.0. The Morgan fingerprint density at radius 1 is 0.857 bits per heavy atom. The van der Waals surface area contributed by atoms with Gasteiger partial charge in [0.2, 0.25) is 0 Å². The van der Waals surface area contributed by atoms with Gasteiger partial charge in [-0.1, -0.05) is 60.7 Å². The summed E-state index contributed by atoms with van der Waals surface area (Å²) in [5, 5.41) is 0. The fraction of sp³-hybridized carbons (Fsp3) is 0.333. The molecule has 0 amide bonds. The van der Waals surface area contributed by atoms with Crippen LogP contribution in [0.5, 0.6) is 0 Å². The third kappa shape index (κ3) is 4.31. The van der Waals surface area contributed by atoms with Gasteiger partial charge in [-0.3, -0.25) is 4.90 Å². The van der Waals surface area contributed by atoms with Crippen LogP contribution in [0.15, 0.2) is 60.7 Å². The molecule has 0 bridgehead atoms. The summed E-state index contributed by atoms with van der Waals surface area (Å²) in [7, 11) is 0. The standard InChI is InChI=1S/C18H21NO.ClH/c1-3-7-16(8-4-1)15-18(17-9-5-2-6-10-17)19-11-13-20-14-12-19;/h1-10,18H,11-15H2;1H. The van der Waals surface area contributed by atoms with E-state index in [1.54, 1.807) is 0 Å². The Kier molecular flexibility index (Phi) is 6.24. The van der Waals surface area contributed by atoms with E-state index in [1.807, 2.05) is 0 Å². The minimum atomic E-state index is 0. The molecule has 0 aromatic heterocycles. The fourth-order valence-electron chi connectivity index (χ4n) is 2.86. The molecule has 1 heterocycles. The molecule has 3 heteroatoms. The summed E-state index contributed by atoms with van der Waals surface area (Å²) in [5.74, 6) is 0. The number of morpholine rings is 1. The molecule has 21 heavy (non-hydrogen) atoms. The van der Waals surface area contributed by atoms with Gasteiger partial charge in [0, 0.05) is 19.1 Å². The van der Waals surface area contributed by atoms with Gasteiger partial charge in [0.1, 0.15) is 0 Å². The van der Waals surface area contributed by atoms with E-state index >= 15 is 0 Å². The first-order valence-corrected chi connectivity index (χ1v) is 7.34. The second-order valence-corrected chi connectivity index (χ2v) is 5.26. The summed E-state index contributed by atoms with van der Waals surface area (Å²) in [6.45, 7) is 3.73. The normalized spacial score (nSPS) is 17.0. The molecule has 1 saturated heterocycles. The molecule has 3 rings (SSSR count). The Bertz CT molecular complexity index is 511. The van der Waals surface area contributed by atoms with Gasteiger partial charge in [-0.2, -0.15) is 0 Å². The van der Waals surface area contributed by atoms with Crippen molar-refractivity contribution in [2.24, 2.45) is 0 Å². The van der Waals surface area contributed by atoms with Gasteiger partial charge < -0.3 is 4.74 Å². The van der Waals surface area contributed by atoms with Gasteiger partial charge in [0.05, 0.1) is 13.2 Å². The highest BCUT2D eigenvalue weighted by molar-refractivity contribution is 5.85. The van der Waals surface area contributed by atoms with Crippen LogP contribution in [0.4, 0.5) is 0 Å². The average Bonchev–Trinajstić information content (AvgIpc) is 2.55. The minimum Gasteiger partial charge on any atom is -0.379 e. The van der Waals surface area contributed by atoms with E-state index in [-0.39, 0.29) is 12.4 Å². The topological polar surface area (TPSA) is 12.5 Å². The van der Waals surface area contributed by atoms with Crippen LogP contribution in [0.3, 0.4) is 0 Å². The Morgan fingerprint density at radius 3 is 2.05 bits per heavy atom. The van der Waals surface area contributed by atoms with Crippen molar-refractivity contribution in [2.45, 2.75) is 12.5 Å². The van der Waals surface area contributed by atoms with E-state index in [2.05, 4.69) is 65.6 Å². The smallest absolute Gasteiger partial charge is 0.0594 e. The number of nitrogens with zero attached hydrogens (tertiary/aromatic N) is 1.